The summed E-state index contributed by atoms with van der Waals surface area (Å²) in [4.78, 5) is 37.6. The number of carboxylic acid groups (broad SMARTS) is 1. The summed E-state index contributed by atoms with van der Waals surface area (Å²) in [6.07, 6.45) is -0.533. The lowest BCUT2D eigenvalue weighted by atomic mass is 9.91. The van der Waals surface area contributed by atoms with E-state index in [1.165, 1.54) is 4.90 Å². The fourth-order valence-electron chi connectivity index (χ4n) is 2.53. The summed E-state index contributed by atoms with van der Waals surface area (Å²) in [6.45, 7) is 11.0. The zero-order chi connectivity index (χ0) is 19.5. The van der Waals surface area contributed by atoms with Crippen molar-refractivity contribution in [3.05, 3.63) is 0 Å². The highest BCUT2D eigenvalue weighted by Crippen LogP contribution is 2.25. The molecule has 0 aromatic heterocycles. The van der Waals surface area contributed by atoms with Crippen molar-refractivity contribution in [3.63, 3.8) is 0 Å². The van der Waals surface area contributed by atoms with Crippen LogP contribution in [0, 0.1) is 0 Å². The van der Waals surface area contributed by atoms with Crippen LogP contribution in [-0.4, -0.2) is 58.0 Å². The number of amides is 2. The number of hydrogen-bond acceptors (Lipinski definition) is 5. The van der Waals surface area contributed by atoms with Gasteiger partial charge in [-0.3, -0.25) is 0 Å². The molecule has 1 aliphatic rings. The number of aliphatic carboxylic acids is 1. The summed E-state index contributed by atoms with van der Waals surface area (Å²) >= 11 is 0. The molecule has 2 amide bonds. The Morgan fingerprint density at radius 2 is 1.52 bits per heavy atom. The number of rotatable bonds is 2. The number of nitrogens with one attached hydrogen (secondary N) is 1. The number of nitrogens with zero attached hydrogens (tertiary/aromatic N) is 1. The summed E-state index contributed by atoms with van der Waals surface area (Å²) < 4.78 is 10.5. The van der Waals surface area contributed by atoms with Crippen LogP contribution in [0.4, 0.5) is 9.59 Å². The van der Waals surface area contributed by atoms with Crippen LogP contribution in [0.15, 0.2) is 0 Å². The lowest BCUT2D eigenvalue weighted by Crippen LogP contribution is -2.56. The van der Waals surface area contributed by atoms with Crippen molar-refractivity contribution in [1.29, 1.82) is 0 Å². The number of carboxylic acids is 1. The molecule has 0 aliphatic carbocycles. The first kappa shape index (κ1) is 21.1. The normalized spacial score (nSPS) is 21.9. The minimum absolute atomic E-state index is 0.0841. The Kier molecular flexibility index (Phi) is 6.31. The molecule has 1 atom stereocenters. The largest absolute Gasteiger partial charge is 0.480 e. The fourth-order valence-corrected chi connectivity index (χ4v) is 2.53. The molecule has 1 aliphatic heterocycles. The highest BCUT2D eigenvalue weighted by Gasteiger charge is 2.43. The molecular formula is C17H30N2O6. The third kappa shape index (κ3) is 6.80. The van der Waals surface area contributed by atoms with E-state index >= 15 is 0 Å². The maximum absolute atomic E-state index is 12.2. The molecule has 25 heavy (non-hydrogen) atoms. The minimum Gasteiger partial charge on any atom is -0.480 e. The standard InChI is InChI=1S/C17H30N2O6/c1-15(2,3)24-13(22)18-17(12(20)21)8-7-10-19(11-9-17)14(23)25-16(4,5)6/h7-11H2,1-6H3,(H,18,22)(H,20,21)/t17-/m0/s1. The third-order valence-corrected chi connectivity index (χ3v) is 3.64. The maximum Gasteiger partial charge on any atom is 0.410 e. The molecule has 0 saturated carbocycles. The second-order valence-electron chi connectivity index (χ2n) is 8.34. The van der Waals surface area contributed by atoms with Gasteiger partial charge >= 0.3 is 18.2 Å². The van der Waals surface area contributed by atoms with E-state index in [-0.39, 0.29) is 19.4 Å². The zero-order valence-corrected chi connectivity index (χ0v) is 16.0. The molecule has 0 radical (unpaired) electrons. The van der Waals surface area contributed by atoms with Crippen LogP contribution in [0.1, 0.15) is 60.8 Å². The lowest BCUT2D eigenvalue weighted by Gasteiger charge is -2.31. The van der Waals surface area contributed by atoms with E-state index in [9.17, 15) is 19.5 Å². The molecular weight excluding hydrogens is 328 g/mol. The third-order valence-electron chi connectivity index (χ3n) is 3.64. The molecule has 0 aromatic rings. The van der Waals surface area contributed by atoms with Gasteiger partial charge in [-0.2, -0.15) is 0 Å². The summed E-state index contributed by atoms with van der Waals surface area (Å²) in [5.74, 6) is -1.13. The Morgan fingerprint density at radius 1 is 0.960 bits per heavy atom. The van der Waals surface area contributed by atoms with Crippen LogP contribution in [0.5, 0.6) is 0 Å². The minimum atomic E-state index is -1.46. The number of likely N-dealkylation sites (tertiary alicyclic amines) is 1. The van der Waals surface area contributed by atoms with Gasteiger partial charge in [-0.25, -0.2) is 14.4 Å². The molecule has 0 unspecified atom stereocenters. The number of carbonyl (C=O) groups excluding carboxylic acids is 2. The van der Waals surface area contributed by atoms with E-state index in [1.807, 2.05) is 0 Å². The molecule has 2 N–H and O–H groups in total. The first-order chi connectivity index (χ1) is 11.2. The summed E-state index contributed by atoms with van der Waals surface area (Å²) in [5, 5.41) is 12.2. The van der Waals surface area contributed by atoms with Crippen molar-refractivity contribution in [1.82, 2.24) is 10.2 Å². The van der Waals surface area contributed by atoms with Crippen molar-refractivity contribution < 1.29 is 29.0 Å². The molecule has 1 rings (SSSR count). The first-order valence-corrected chi connectivity index (χ1v) is 8.47. The monoisotopic (exact) mass is 358 g/mol. The summed E-state index contributed by atoms with van der Waals surface area (Å²) in [7, 11) is 0. The van der Waals surface area contributed by atoms with E-state index in [1.54, 1.807) is 41.5 Å². The Labute approximate surface area is 148 Å². The quantitative estimate of drug-likeness (QED) is 0.786. The molecule has 0 aromatic carbocycles. The molecule has 0 spiro atoms. The maximum atomic E-state index is 12.2. The van der Waals surface area contributed by atoms with Gasteiger partial charge in [-0.05, 0) is 60.8 Å². The number of carbonyl (C=O) groups is 3. The van der Waals surface area contributed by atoms with Gasteiger partial charge in [-0.15, -0.1) is 0 Å². The molecule has 1 saturated heterocycles. The van der Waals surface area contributed by atoms with Gasteiger partial charge in [0.05, 0.1) is 0 Å². The second kappa shape index (κ2) is 7.49. The molecule has 1 heterocycles. The highest BCUT2D eigenvalue weighted by molar-refractivity contribution is 5.84. The second-order valence-corrected chi connectivity index (χ2v) is 8.34. The van der Waals surface area contributed by atoms with Crippen molar-refractivity contribution in [2.75, 3.05) is 13.1 Å². The van der Waals surface area contributed by atoms with Gasteiger partial charge in [0.15, 0.2) is 0 Å². The van der Waals surface area contributed by atoms with E-state index in [0.717, 1.165) is 0 Å². The Morgan fingerprint density at radius 3 is 2.00 bits per heavy atom. The van der Waals surface area contributed by atoms with Crippen LogP contribution in [0.3, 0.4) is 0 Å². The van der Waals surface area contributed by atoms with E-state index < -0.39 is 34.9 Å². The zero-order valence-electron chi connectivity index (χ0n) is 16.0. The highest BCUT2D eigenvalue weighted by atomic mass is 16.6. The van der Waals surface area contributed by atoms with Crippen molar-refractivity contribution in [3.8, 4) is 0 Å². The number of ether oxygens (including phenoxy) is 2. The van der Waals surface area contributed by atoms with Crippen LogP contribution < -0.4 is 5.32 Å². The van der Waals surface area contributed by atoms with Gasteiger partial charge in [0.25, 0.3) is 0 Å². The smallest absolute Gasteiger partial charge is 0.410 e. The van der Waals surface area contributed by atoms with Crippen molar-refractivity contribution in [2.45, 2.75) is 77.5 Å². The van der Waals surface area contributed by atoms with Gasteiger partial charge < -0.3 is 24.8 Å². The van der Waals surface area contributed by atoms with Gasteiger partial charge in [0.2, 0.25) is 0 Å². The van der Waals surface area contributed by atoms with E-state index in [2.05, 4.69) is 5.32 Å². The van der Waals surface area contributed by atoms with Crippen molar-refractivity contribution >= 4 is 18.2 Å². The molecule has 1 fully saturated rings. The molecule has 0 bridgehead atoms. The number of alkyl carbamates (subject to hydrolysis) is 1. The van der Waals surface area contributed by atoms with Gasteiger partial charge in [0.1, 0.15) is 16.7 Å². The average molecular weight is 358 g/mol. The Balaban J connectivity index is 2.82. The Bertz CT molecular complexity index is 520. The summed E-state index contributed by atoms with van der Waals surface area (Å²) in [6, 6.07) is 0. The van der Waals surface area contributed by atoms with Crippen LogP contribution >= 0.6 is 0 Å². The molecule has 8 heteroatoms. The predicted molar refractivity (Wildman–Crippen MR) is 91.4 cm³/mol. The fraction of sp³-hybridized carbons (Fsp3) is 0.824. The first-order valence-electron chi connectivity index (χ1n) is 8.47. The van der Waals surface area contributed by atoms with Crippen molar-refractivity contribution in [2.24, 2.45) is 0 Å². The SMILES string of the molecule is CC(C)(C)OC(=O)N[C@@]1(C(=O)O)CCCN(C(=O)OC(C)(C)C)CC1. The van der Waals surface area contributed by atoms with Gasteiger partial charge in [0, 0.05) is 13.1 Å². The van der Waals surface area contributed by atoms with Crippen LogP contribution in [0.2, 0.25) is 0 Å². The van der Waals surface area contributed by atoms with Crippen LogP contribution in [0.25, 0.3) is 0 Å². The predicted octanol–water partition coefficient (Wildman–Crippen LogP) is 2.76. The average Bonchev–Trinajstić information content (AvgIpc) is 2.58. The lowest BCUT2D eigenvalue weighted by molar-refractivity contribution is -0.145. The molecule has 144 valence electrons. The Hall–Kier alpha value is -1.99. The topological polar surface area (TPSA) is 105 Å². The van der Waals surface area contributed by atoms with E-state index in [0.29, 0.717) is 13.0 Å². The molecule has 8 nitrogen and oxygen atoms in total. The number of hydrogen-bond donors (Lipinski definition) is 2. The van der Waals surface area contributed by atoms with Crippen LogP contribution in [-0.2, 0) is 14.3 Å². The summed E-state index contributed by atoms with van der Waals surface area (Å²) in [5.41, 5.74) is -2.81. The van der Waals surface area contributed by atoms with Gasteiger partial charge in [-0.1, -0.05) is 0 Å². The van der Waals surface area contributed by atoms with E-state index in [4.69, 9.17) is 9.47 Å².